The Kier molecular flexibility index (Phi) is 3.84. The van der Waals surface area contributed by atoms with Crippen molar-refractivity contribution in [2.24, 2.45) is 0 Å². The van der Waals surface area contributed by atoms with Crippen LogP contribution in [0.3, 0.4) is 0 Å². The van der Waals surface area contributed by atoms with E-state index in [2.05, 4.69) is 43.2 Å². The smallest absolute Gasteiger partial charge is 0.0521 e. The molecule has 0 bridgehead atoms. The molecule has 2 heteroatoms. The van der Waals surface area contributed by atoms with E-state index in [1.807, 2.05) is 19.4 Å². The third-order valence-electron chi connectivity index (χ3n) is 2.07. The van der Waals surface area contributed by atoms with Gasteiger partial charge in [-0.05, 0) is 38.9 Å². The van der Waals surface area contributed by atoms with Crippen LogP contribution < -0.4 is 5.32 Å². The molecular weight excluding hydrogens is 172 g/mol. The number of pyridine rings is 1. The molecule has 0 saturated heterocycles. The summed E-state index contributed by atoms with van der Waals surface area (Å²) < 4.78 is 0. The molecule has 0 amide bonds. The van der Waals surface area contributed by atoms with Gasteiger partial charge in [-0.3, -0.25) is 4.98 Å². The van der Waals surface area contributed by atoms with Crippen LogP contribution >= 0.6 is 0 Å². The Bertz CT molecular complexity index is 325. The van der Waals surface area contributed by atoms with Gasteiger partial charge < -0.3 is 5.32 Å². The molecule has 1 aromatic rings. The van der Waals surface area contributed by atoms with Gasteiger partial charge in [-0.25, -0.2) is 0 Å². The van der Waals surface area contributed by atoms with E-state index in [0.717, 1.165) is 0 Å². The Morgan fingerprint density at radius 1 is 1.43 bits per heavy atom. The maximum Gasteiger partial charge on any atom is 0.0521 e. The first-order valence-electron chi connectivity index (χ1n) is 4.87. The van der Waals surface area contributed by atoms with Crippen molar-refractivity contribution in [1.82, 2.24) is 10.3 Å². The molecule has 2 nitrogen and oxygen atoms in total. The highest BCUT2D eigenvalue weighted by molar-refractivity contribution is 5.24. The predicted octanol–water partition coefficient (Wildman–Crippen LogP) is 2.62. The summed E-state index contributed by atoms with van der Waals surface area (Å²) in [6, 6.07) is 2.43. The summed E-state index contributed by atoms with van der Waals surface area (Å²) in [4.78, 5) is 4.19. The van der Waals surface area contributed by atoms with Crippen LogP contribution in [0.2, 0.25) is 0 Å². The van der Waals surface area contributed by atoms with Crippen LogP contribution in [0.1, 0.15) is 31.0 Å². The molecule has 0 spiro atoms. The summed E-state index contributed by atoms with van der Waals surface area (Å²) in [6.07, 6.45) is 5.99. The summed E-state index contributed by atoms with van der Waals surface area (Å²) >= 11 is 0. The predicted molar refractivity (Wildman–Crippen MR) is 60.2 cm³/mol. The molecule has 0 saturated carbocycles. The minimum atomic E-state index is 0.271. The van der Waals surface area contributed by atoms with Gasteiger partial charge in [0.15, 0.2) is 0 Å². The first-order valence-corrected chi connectivity index (χ1v) is 4.87. The van der Waals surface area contributed by atoms with Crippen molar-refractivity contribution in [3.63, 3.8) is 0 Å². The molecule has 76 valence electrons. The van der Waals surface area contributed by atoms with E-state index in [1.54, 1.807) is 0 Å². The van der Waals surface area contributed by atoms with E-state index in [1.165, 1.54) is 16.7 Å². The van der Waals surface area contributed by atoms with Crippen molar-refractivity contribution in [2.45, 2.75) is 26.8 Å². The van der Waals surface area contributed by atoms with E-state index < -0.39 is 0 Å². The quantitative estimate of drug-likeness (QED) is 0.741. The van der Waals surface area contributed by atoms with Crippen molar-refractivity contribution in [3.05, 3.63) is 41.2 Å². The zero-order valence-electron chi connectivity index (χ0n) is 9.33. The van der Waals surface area contributed by atoms with Crippen molar-refractivity contribution in [1.29, 1.82) is 0 Å². The maximum absolute atomic E-state index is 4.19. The van der Waals surface area contributed by atoms with Gasteiger partial charge in [0.1, 0.15) is 0 Å². The first-order chi connectivity index (χ1) is 6.63. The van der Waals surface area contributed by atoms with Gasteiger partial charge in [-0.2, -0.15) is 0 Å². The fraction of sp³-hybridized carbons (Fsp3) is 0.417. The number of hydrogen-bond acceptors (Lipinski definition) is 2. The summed E-state index contributed by atoms with van der Waals surface area (Å²) in [5.74, 6) is 0. The molecule has 1 rings (SSSR count). The highest BCUT2D eigenvalue weighted by Gasteiger charge is 2.05. The molecule has 1 aromatic heterocycles. The molecule has 0 aliphatic rings. The lowest BCUT2D eigenvalue weighted by Crippen LogP contribution is -2.14. The highest BCUT2D eigenvalue weighted by atomic mass is 14.9. The van der Waals surface area contributed by atoms with Crippen LogP contribution in [0.5, 0.6) is 0 Å². The van der Waals surface area contributed by atoms with Gasteiger partial charge >= 0.3 is 0 Å². The van der Waals surface area contributed by atoms with E-state index >= 15 is 0 Å². The lowest BCUT2D eigenvalue weighted by Gasteiger charge is -2.12. The fourth-order valence-corrected chi connectivity index (χ4v) is 1.43. The van der Waals surface area contributed by atoms with Gasteiger partial charge in [-0.15, -0.1) is 0 Å². The van der Waals surface area contributed by atoms with E-state index in [4.69, 9.17) is 0 Å². The molecule has 0 aromatic carbocycles. The van der Waals surface area contributed by atoms with E-state index in [0.29, 0.717) is 0 Å². The Balaban J connectivity index is 2.95. The number of nitrogens with zero attached hydrogens (tertiary/aromatic N) is 1. The number of aryl methyl sites for hydroxylation is 1. The normalized spacial score (nSPS) is 12.3. The van der Waals surface area contributed by atoms with Gasteiger partial charge in [0.25, 0.3) is 0 Å². The number of likely N-dealkylation sites (N-methyl/N-ethyl adjacent to an activating group) is 1. The lowest BCUT2D eigenvalue weighted by molar-refractivity contribution is 0.706. The summed E-state index contributed by atoms with van der Waals surface area (Å²) in [5.41, 5.74) is 3.73. The number of allylic oxidation sites excluding steroid dienone is 1. The largest absolute Gasteiger partial charge is 0.310 e. The van der Waals surface area contributed by atoms with E-state index in [9.17, 15) is 0 Å². The number of nitrogens with one attached hydrogen (secondary N) is 1. The average Bonchev–Trinajstić information content (AvgIpc) is 2.14. The highest BCUT2D eigenvalue weighted by Crippen LogP contribution is 2.15. The Hall–Kier alpha value is -1.15. The summed E-state index contributed by atoms with van der Waals surface area (Å²) in [5, 5.41) is 3.26. The van der Waals surface area contributed by atoms with Crippen molar-refractivity contribution < 1.29 is 0 Å². The molecule has 0 fully saturated rings. The second-order valence-electron chi connectivity index (χ2n) is 3.81. The first kappa shape index (κ1) is 10.9. The van der Waals surface area contributed by atoms with Gasteiger partial charge in [0.05, 0.1) is 6.04 Å². The van der Waals surface area contributed by atoms with Crippen LogP contribution in [-0.4, -0.2) is 12.0 Å². The van der Waals surface area contributed by atoms with Crippen LogP contribution in [0.15, 0.2) is 30.1 Å². The van der Waals surface area contributed by atoms with Crippen molar-refractivity contribution in [2.75, 3.05) is 7.05 Å². The maximum atomic E-state index is 4.19. The third-order valence-corrected chi connectivity index (χ3v) is 2.07. The minimum Gasteiger partial charge on any atom is -0.310 e. The van der Waals surface area contributed by atoms with Gasteiger partial charge in [0, 0.05) is 12.4 Å². The molecule has 0 radical (unpaired) electrons. The standard InChI is InChI=1S/C12H18N2/c1-9(2)5-12(13-4)11-6-10(3)7-14-8-11/h5-8,12-13H,1-4H3. The van der Waals surface area contributed by atoms with Crippen LogP contribution in [-0.2, 0) is 0 Å². The molecule has 1 atom stereocenters. The van der Waals surface area contributed by atoms with Gasteiger partial charge in [-0.1, -0.05) is 17.7 Å². The van der Waals surface area contributed by atoms with Crippen molar-refractivity contribution >= 4 is 0 Å². The summed E-state index contributed by atoms with van der Waals surface area (Å²) in [6.45, 7) is 6.27. The molecule has 14 heavy (non-hydrogen) atoms. The third kappa shape index (κ3) is 2.96. The van der Waals surface area contributed by atoms with Crippen molar-refractivity contribution in [3.8, 4) is 0 Å². The van der Waals surface area contributed by atoms with Crippen LogP contribution in [0.4, 0.5) is 0 Å². The molecule has 0 aliphatic carbocycles. The molecule has 0 aliphatic heterocycles. The zero-order chi connectivity index (χ0) is 10.6. The van der Waals surface area contributed by atoms with Crippen LogP contribution in [0, 0.1) is 6.92 Å². The number of aromatic nitrogens is 1. The Morgan fingerprint density at radius 3 is 2.64 bits per heavy atom. The molecule has 1 unspecified atom stereocenters. The monoisotopic (exact) mass is 190 g/mol. The summed E-state index contributed by atoms with van der Waals surface area (Å²) in [7, 11) is 1.96. The second-order valence-corrected chi connectivity index (χ2v) is 3.81. The zero-order valence-corrected chi connectivity index (χ0v) is 9.33. The fourth-order valence-electron chi connectivity index (χ4n) is 1.43. The Labute approximate surface area is 86.1 Å². The van der Waals surface area contributed by atoms with Gasteiger partial charge in [0.2, 0.25) is 0 Å². The number of hydrogen-bond donors (Lipinski definition) is 1. The Morgan fingerprint density at radius 2 is 2.14 bits per heavy atom. The molecular formula is C12H18N2. The SMILES string of the molecule is CNC(C=C(C)C)c1cncc(C)c1. The average molecular weight is 190 g/mol. The van der Waals surface area contributed by atoms with E-state index in [-0.39, 0.29) is 6.04 Å². The minimum absolute atomic E-state index is 0.271. The van der Waals surface area contributed by atoms with Crippen LogP contribution in [0.25, 0.3) is 0 Å². The molecule has 1 N–H and O–H groups in total. The lowest BCUT2D eigenvalue weighted by atomic mass is 10.1. The number of rotatable bonds is 3. The molecule has 1 heterocycles. The second kappa shape index (κ2) is 4.91. The topological polar surface area (TPSA) is 24.9 Å².